The molecule has 7 rings (SSSR count). The van der Waals surface area contributed by atoms with Crippen LogP contribution in [0, 0.1) is 23.5 Å². The normalized spacial score (nSPS) is 23.3. The summed E-state index contributed by atoms with van der Waals surface area (Å²) < 4.78 is 37.0. The summed E-state index contributed by atoms with van der Waals surface area (Å²) in [5.74, 6) is 0.762. The van der Waals surface area contributed by atoms with Crippen molar-refractivity contribution in [2.75, 3.05) is 38.2 Å². The Bertz CT molecular complexity index is 1570. The lowest BCUT2D eigenvalue weighted by Crippen LogP contribution is -2.37. The van der Waals surface area contributed by atoms with E-state index in [1.54, 1.807) is 24.4 Å². The van der Waals surface area contributed by atoms with Gasteiger partial charge in [0, 0.05) is 36.3 Å². The molecule has 9 heteroatoms. The van der Waals surface area contributed by atoms with Gasteiger partial charge in [0.2, 0.25) is 0 Å². The van der Waals surface area contributed by atoms with Gasteiger partial charge in [-0.1, -0.05) is 35.9 Å². The second-order valence-electron chi connectivity index (χ2n) is 11.3. The fourth-order valence-electron chi connectivity index (χ4n) is 6.76. The molecule has 202 valence electrons. The molecule has 2 aliphatic heterocycles. The number of anilines is 1. The molecule has 6 nitrogen and oxygen atoms in total. The zero-order chi connectivity index (χ0) is 26.7. The van der Waals surface area contributed by atoms with Crippen LogP contribution in [-0.4, -0.2) is 59.2 Å². The number of hydrogen-bond donors (Lipinski definition) is 0. The molecule has 3 fully saturated rings. The summed E-state index contributed by atoms with van der Waals surface area (Å²) in [5, 5.41) is 1.63. The Kier molecular flexibility index (Phi) is 6.27. The van der Waals surface area contributed by atoms with Gasteiger partial charge < -0.3 is 14.5 Å². The summed E-state index contributed by atoms with van der Waals surface area (Å²) in [7, 11) is 2.09. The number of rotatable bonds is 5. The Morgan fingerprint density at radius 2 is 1.87 bits per heavy atom. The van der Waals surface area contributed by atoms with Gasteiger partial charge >= 0.3 is 6.01 Å². The molecule has 0 N–H and O–H groups in total. The van der Waals surface area contributed by atoms with E-state index in [1.165, 1.54) is 25.3 Å². The number of hydrogen-bond acceptors (Lipinski definition) is 6. The minimum absolute atomic E-state index is 0.0544. The second kappa shape index (κ2) is 9.82. The molecule has 2 bridgehead atoms. The van der Waals surface area contributed by atoms with Gasteiger partial charge in [0.15, 0.2) is 5.82 Å². The Balaban J connectivity index is 1.36. The van der Waals surface area contributed by atoms with Crippen LogP contribution < -0.4 is 9.64 Å². The van der Waals surface area contributed by atoms with Gasteiger partial charge in [-0.05, 0) is 69.0 Å². The number of nitrogens with zero attached hydrogens (tertiary/aromatic N) is 5. The van der Waals surface area contributed by atoms with Gasteiger partial charge in [-0.25, -0.2) is 8.78 Å². The molecule has 0 spiro atoms. The van der Waals surface area contributed by atoms with Crippen molar-refractivity contribution in [1.82, 2.24) is 19.9 Å². The zero-order valence-corrected chi connectivity index (χ0v) is 22.6. The number of halogens is 3. The van der Waals surface area contributed by atoms with E-state index in [0.29, 0.717) is 46.0 Å². The number of ether oxygens (including phenoxy) is 1. The molecule has 3 atom stereocenters. The lowest BCUT2D eigenvalue weighted by Gasteiger charge is -2.33. The van der Waals surface area contributed by atoms with Crippen molar-refractivity contribution in [2.45, 2.75) is 38.1 Å². The van der Waals surface area contributed by atoms with E-state index in [2.05, 4.69) is 26.8 Å². The molecule has 1 saturated carbocycles. The molecule has 2 unspecified atom stereocenters. The first-order chi connectivity index (χ1) is 19.0. The first kappa shape index (κ1) is 24.9. The molecular weight excluding hydrogens is 520 g/mol. The third kappa shape index (κ3) is 4.38. The van der Waals surface area contributed by atoms with Crippen LogP contribution in [0.5, 0.6) is 6.01 Å². The second-order valence-corrected chi connectivity index (χ2v) is 11.7. The highest BCUT2D eigenvalue weighted by molar-refractivity contribution is 6.36. The van der Waals surface area contributed by atoms with Gasteiger partial charge in [-0.3, -0.25) is 4.98 Å². The molecule has 3 aliphatic rings. The highest BCUT2D eigenvalue weighted by Crippen LogP contribution is 2.41. The van der Waals surface area contributed by atoms with Crippen LogP contribution in [0.4, 0.5) is 14.6 Å². The van der Waals surface area contributed by atoms with E-state index in [1.807, 2.05) is 6.07 Å². The van der Waals surface area contributed by atoms with Crippen LogP contribution in [0.3, 0.4) is 0 Å². The highest BCUT2D eigenvalue weighted by Gasteiger charge is 2.35. The van der Waals surface area contributed by atoms with Crippen molar-refractivity contribution < 1.29 is 13.5 Å². The maximum absolute atomic E-state index is 16.4. The monoisotopic (exact) mass is 549 g/mol. The number of pyridine rings is 1. The van der Waals surface area contributed by atoms with E-state index in [0.717, 1.165) is 32.5 Å². The third-order valence-corrected chi connectivity index (χ3v) is 9.19. The summed E-state index contributed by atoms with van der Waals surface area (Å²) in [4.78, 5) is 18.5. The number of benzene rings is 2. The zero-order valence-electron chi connectivity index (χ0n) is 21.8. The van der Waals surface area contributed by atoms with Crippen LogP contribution in [0.15, 0.2) is 36.5 Å². The van der Waals surface area contributed by atoms with Crippen molar-refractivity contribution in [1.29, 1.82) is 0 Å². The number of fused-ring (bicyclic) bond motifs is 4. The van der Waals surface area contributed by atoms with E-state index in [4.69, 9.17) is 21.3 Å². The first-order valence-corrected chi connectivity index (χ1v) is 14.2. The van der Waals surface area contributed by atoms with E-state index in [-0.39, 0.29) is 28.3 Å². The topological polar surface area (TPSA) is 54.4 Å². The Morgan fingerprint density at radius 3 is 2.64 bits per heavy atom. The molecule has 2 aromatic carbocycles. The molecule has 4 heterocycles. The summed E-state index contributed by atoms with van der Waals surface area (Å²) in [6.07, 6.45) is 7.50. The SMILES string of the molecule is CN1CCC[C@H]1COc1nc(N2CC3CCC(C3)C2)c2cnc(-c3cccc4ccc(F)c(Cl)c34)c(F)c2n1. The number of likely N-dealkylation sites (tertiary alicyclic amines) is 1. The Hall–Kier alpha value is -3.10. The Labute approximate surface area is 231 Å². The number of piperidine rings is 1. The van der Waals surface area contributed by atoms with E-state index in [9.17, 15) is 4.39 Å². The molecular formula is C30H30ClF2N5O. The van der Waals surface area contributed by atoms with Gasteiger partial charge in [-0.15, -0.1) is 0 Å². The van der Waals surface area contributed by atoms with Crippen LogP contribution >= 0.6 is 11.6 Å². The molecule has 4 aromatic rings. The summed E-state index contributed by atoms with van der Waals surface area (Å²) in [6, 6.07) is 8.73. The average Bonchev–Trinajstić information content (AvgIpc) is 3.52. The van der Waals surface area contributed by atoms with Gasteiger partial charge in [0.25, 0.3) is 0 Å². The van der Waals surface area contributed by atoms with Crippen LogP contribution in [0.2, 0.25) is 5.02 Å². The minimum Gasteiger partial charge on any atom is -0.462 e. The molecule has 0 amide bonds. The molecule has 2 aromatic heterocycles. The fraction of sp³-hybridized carbons (Fsp3) is 0.433. The predicted octanol–water partition coefficient (Wildman–Crippen LogP) is 6.49. The maximum atomic E-state index is 16.4. The van der Waals surface area contributed by atoms with Gasteiger partial charge in [-0.2, -0.15) is 9.97 Å². The number of likely N-dealkylation sites (N-methyl/N-ethyl adjacent to an activating group) is 1. The van der Waals surface area contributed by atoms with Crippen LogP contribution in [-0.2, 0) is 0 Å². The lowest BCUT2D eigenvalue weighted by atomic mass is 9.98. The van der Waals surface area contributed by atoms with Gasteiger partial charge in [0.1, 0.15) is 29.5 Å². The molecule has 39 heavy (non-hydrogen) atoms. The smallest absolute Gasteiger partial charge is 0.319 e. The minimum atomic E-state index is -0.591. The first-order valence-electron chi connectivity index (χ1n) is 13.8. The largest absolute Gasteiger partial charge is 0.462 e. The maximum Gasteiger partial charge on any atom is 0.319 e. The molecule has 2 saturated heterocycles. The van der Waals surface area contributed by atoms with Crippen molar-refractivity contribution in [3.8, 4) is 17.3 Å². The lowest BCUT2D eigenvalue weighted by molar-refractivity contribution is 0.188. The fourth-order valence-corrected chi connectivity index (χ4v) is 7.04. The average molecular weight is 550 g/mol. The van der Waals surface area contributed by atoms with Crippen molar-refractivity contribution in [3.05, 3.63) is 53.2 Å². The third-order valence-electron chi connectivity index (χ3n) is 8.82. The van der Waals surface area contributed by atoms with Crippen molar-refractivity contribution in [3.63, 3.8) is 0 Å². The number of aromatic nitrogens is 3. The standard InChI is InChI=1S/C30H30ClF2N5O/c1-37-11-3-5-20(37)16-39-30-35-28-22(29(36-30)38-14-17-7-8-18(12-17)15-38)13-34-27(26(28)33)21-6-2-4-19-9-10-23(32)25(31)24(19)21/h2,4,6,9-10,13,17-18,20H,3,5,7-8,11-12,14-16H2,1H3/t17?,18?,20-/m0/s1. The van der Waals surface area contributed by atoms with Crippen molar-refractivity contribution >= 4 is 39.1 Å². The van der Waals surface area contributed by atoms with Crippen LogP contribution in [0.1, 0.15) is 32.1 Å². The molecule has 0 radical (unpaired) electrons. The van der Waals surface area contributed by atoms with Gasteiger partial charge in [0.05, 0.1) is 10.4 Å². The summed E-state index contributed by atoms with van der Waals surface area (Å²) in [6.45, 7) is 3.25. The van der Waals surface area contributed by atoms with E-state index < -0.39 is 11.6 Å². The van der Waals surface area contributed by atoms with E-state index >= 15 is 4.39 Å². The van der Waals surface area contributed by atoms with Crippen molar-refractivity contribution in [2.24, 2.45) is 11.8 Å². The van der Waals surface area contributed by atoms with Crippen LogP contribution in [0.25, 0.3) is 32.9 Å². The Morgan fingerprint density at radius 1 is 1.05 bits per heavy atom. The quantitative estimate of drug-likeness (QED) is 0.284. The molecule has 1 aliphatic carbocycles. The predicted molar refractivity (Wildman–Crippen MR) is 149 cm³/mol. The highest BCUT2D eigenvalue weighted by atomic mass is 35.5. The summed E-state index contributed by atoms with van der Waals surface area (Å²) >= 11 is 6.37. The summed E-state index contributed by atoms with van der Waals surface area (Å²) in [5.41, 5.74) is 0.648.